The van der Waals surface area contributed by atoms with Crippen LogP contribution in [-0.4, -0.2) is 85.4 Å². The van der Waals surface area contributed by atoms with Gasteiger partial charge >= 0.3 is 6.09 Å². The highest BCUT2D eigenvalue weighted by Crippen LogP contribution is 2.35. The van der Waals surface area contributed by atoms with Gasteiger partial charge in [0.25, 0.3) is 0 Å². The van der Waals surface area contributed by atoms with E-state index in [4.69, 9.17) is 32.8 Å². The number of amides is 2. The monoisotopic (exact) mass is 893 g/mol. The highest BCUT2D eigenvalue weighted by Gasteiger charge is 2.49. The number of carbonyl (C=O) groups is 3. The standard InChI is InChI=1S/C54H55NO11/c1-36-17-15-26-41(29-36)42-31-46(48(57)43(30-37-18-7-3-8-19-37)52(58)55-44(35-64-54(55)59)40-24-13-6-14-25-40)65-45(42)27-16-28-61-51-50(63-34-39-22-11-5-12-23-39)49(47(32-56)66-53(51)60-2)62-33-38-20-9-4-10-21-38/h3-15,17-26,29,31,43-44,47,49-51,53,56H,16,27-28,30,32-35H2,1-2H3/t43-,44+,47+,49+,50-,51-,53-/m0/s1. The van der Waals surface area contributed by atoms with Crippen LogP contribution in [0.4, 0.5) is 4.79 Å². The lowest BCUT2D eigenvalue weighted by atomic mass is 9.91. The summed E-state index contributed by atoms with van der Waals surface area (Å²) in [6.07, 6.45) is -3.76. The number of ketones is 1. The fourth-order valence-electron chi connectivity index (χ4n) is 8.63. The number of nitrogens with zero attached hydrogens (tertiary/aromatic N) is 1. The number of hydrogen-bond donors (Lipinski definition) is 1. The van der Waals surface area contributed by atoms with E-state index in [-0.39, 0.29) is 45.2 Å². The molecule has 0 radical (unpaired) electrons. The van der Waals surface area contributed by atoms with Crippen molar-refractivity contribution in [1.82, 2.24) is 4.90 Å². The fourth-order valence-corrected chi connectivity index (χ4v) is 8.63. The van der Waals surface area contributed by atoms with E-state index in [0.29, 0.717) is 24.2 Å². The van der Waals surface area contributed by atoms with Crippen LogP contribution in [0.25, 0.3) is 11.1 Å². The number of aliphatic hydroxyl groups excluding tert-OH is 1. The Morgan fingerprint density at radius 3 is 1.98 bits per heavy atom. The van der Waals surface area contributed by atoms with Crippen molar-refractivity contribution in [3.8, 4) is 11.1 Å². The van der Waals surface area contributed by atoms with Crippen LogP contribution in [0.3, 0.4) is 0 Å². The Bertz CT molecular complexity index is 2500. The van der Waals surface area contributed by atoms with Crippen molar-refractivity contribution in [1.29, 1.82) is 0 Å². The van der Waals surface area contributed by atoms with Gasteiger partial charge < -0.3 is 37.9 Å². The van der Waals surface area contributed by atoms with E-state index < -0.39 is 60.4 Å². The number of methoxy groups -OCH3 is 1. The van der Waals surface area contributed by atoms with Gasteiger partial charge in [0, 0.05) is 25.7 Å². The van der Waals surface area contributed by atoms with Gasteiger partial charge in [0.05, 0.1) is 19.8 Å². The first-order chi connectivity index (χ1) is 32.3. The molecule has 12 heteroatoms. The third-order valence-electron chi connectivity index (χ3n) is 12.0. The first-order valence-corrected chi connectivity index (χ1v) is 22.4. The number of aliphatic hydroxyl groups is 1. The summed E-state index contributed by atoms with van der Waals surface area (Å²) < 4.78 is 43.6. The van der Waals surface area contributed by atoms with Crippen molar-refractivity contribution in [2.75, 3.05) is 26.9 Å². The maximum atomic E-state index is 14.8. The molecular weight excluding hydrogens is 839 g/mol. The van der Waals surface area contributed by atoms with E-state index in [1.54, 1.807) is 6.07 Å². The molecule has 0 bridgehead atoms. The minimum Gasteiger partial charge on any atom is -0.457 e. The molecule has 1 aromatic heterocycles. The van der Waals surface area contributed by atoms with Crippen LogP contribution in [0.1, 0.15) is 56.6 Å². The van der Waals surface area contributed by atoms with E-state index >= 15 is 0 Å². The van der Waals surface area contributed by atoms with E-state index in [0.717, 1.165) is 38.3 Å². The van der Waals surface area contributed by atoms with E-state index in [9.17, 15) is 19.5 Å². The van der Waals surface area contributed by atoms with Gasteiger partial charge in [-0.1, -0.05) is 151 Å². The Morgan fingerprint density at radius 1 is 0.742 bits per heavy atom. The van der Waals surface area contributed by atoms with Gasteiger partial charge in [-0.05, 0) is 53.6 Å². The van der Waals surface area contributed by atoms with Gasteiger partial charge in [-0.25, -0.2) is 9.69 Å². The summed E-state index contributed by atoms with van der Waals surface area (Å²) in [5.41, 5.74) is 5.94. The van der Waals surface area contributed by atoms with Gasteiger partial charge in [0.1, 0.15) is 48.7 Å². The van der Waals surface area contributed by atoms with Crippen LogP contribution in [0.15, 0.2) is 156 Å². The van der Waals surface area contributed by atoms with Crippen LogP contribution in [0, 0.1) is 12.8 Å². The first kappa shape index (κ1) is 46.3. The number of ether oxygens (including phenoxy) is 6. The molecule has 2 aliphatic heterocycles. The molecule has 0 unspecified atom stereocenters. The van der Waals surface area contributed by atoms with Gasteiger partial charge in [-0.3, -0.25) is 9.59 Å². The Morgan fingerprint density at radius 2 is 1.36 bits per heavy atom. The van der Waals surface area contributed by atoms with Crippen LogP contribution >= 0.6 is 0 Å². The average molecular weight is 894 g/mol. The third-order valence-corrected chi connectivity index (χ3v) is 12.0. The minimum absolute atomic E-state index is 0.00323. The molecular formula is C54H55NO11. The largest absolute Gasteiger partial charge is 0.457 e. The smallest absolute Gasteiger partial charge is 0.417 e. The Hall–Kier alpha value is -6.25. The molecule has 2 saturated heterocycles. The lowest BCUT2D eigenvalue weighted by Crippen LogP contribution is -2.61. The topological polar surface area (TPSA) is 143 Å². The summed E-state index contributed by atoms with van der Waals surface area (Å²) in [6.45, 7) is 2.36. The number of hydrogen-bond acceptors (Lipinski definition) is 11. The maximum absolute atomic E-state index is 14.8. The van der Waals surface area contributed by atoms with Crippen molar-refractivity contribution < 1.29 is 52.3 Å². The summed E-state index contributed by atoms with van der Waals surface area (Å²) >= 11 is 0. The molecule has 2 amide bonds. The van der Waals surface area contributed by atoms with Crippen LogP contribution < -0.4 is 0 Å². The molecule has 0 spiro atoms. The highest BCUT2D eigenvalue weighted by atomic mass is 16.7. The van der Waals surface area contributed by atoms with Crippen molar-refractivity contribution in [2.24, 2.45) is 5.92 Å². The number of rotatable bonds is 20. The lowest BCUT2D eigenvalue weighted by molar-refractivity contribution is -0.319. The van der Waals surface area contributed by atoms with Crippen molar-refractivity contribution in [3.63, 3.8) is 0 Å². The molecule has 0 aliphatic carbocycles. The highest BCUT2D eigenvalue weighted by molar-refractivity contribution is 6.12. The van der Waals surface area contributed by atoms with Gasteiger partial charge in [-0.15, -0.1) is 0 Å². The molecule has 6 aromatic rings. The number of aryl methyl sites for hydroxylation is 2. The number of benzene rings is 5. The normalized spacial score (nSPS) is 21.1. The number of furan rings is 1. The van der Waals surface area contributed by atoms with Gasteiger partial charge in [0.15, 0.2) is 12.1 Å². The molecule has 0 saturated carbocycles. The summed E-state index contributed by atoms with van der Waals surface area (Å²) in [7, 11) is 1.52. The summed E-state index contributed by atoms with van der Waals surface area (Å²) in [5.74, 6) is -1.96. The minimum atomic E-state index is -1.29. The molecule has 3 heterocycles. The maximum Gasteiger partial charge on any atom is 0.417 e. The van der Waals surface area contributed by atoms with Crippen LogP contribution in [-0.2, 0) is 59.3 Å². The Balaban J connectivity index is 1.05. The second kappa shape index (κ2) is 22.3. The SMILES string of the molecule is CO[C@H]1O[C@H](CO)[C@@H](OCc2ccccc2)[C@H](OCc2ccccc2)[C@@H]1OCCCc1oc(C(=O)[C@H](Cc2ccccc2)C(=O)N2C(=O)OC[C@@H]2c2ccccc2)cc1-c1cccc(C)c1. The van der Waals surface area contributed by atoms with Crippen LogP contribution in [0.2, 0.25) is 0 Å². The Kier molecular flexibility index (Phi) is 15.6. The molecule has 1 N–H and O–H groups in total. The fraction of sp³-hybridized carbons (Fsp3) is 0.315. The lowest BCUT2D eigenvalue weighted by Gasteiger charge is -2.45. The molecule has 66 heavy (non-hydrogen) atoms. The number of carbonyl (C=O) groups excluding carboxylic acids is 3. The number of cyclic esters (lactones) is 1. The number of imide groups is 1. The molecule has 342 valence electrons. The third kappa shape index (κ3) is 11.0. The number of Topliss-reactive ketones (excluding diaryl/α,β-unsaturated/α-hetero) is 1. The molecule has 12 nitrogen and oxygen atoms in total. The summed E-state index contributed by atoms with van der Waals surface area (Å²) in [5, 5.41) is 10.5. The predicted octanol–water partition coefficient (Wildman–Crippen LogP) is 8.87. The van der Waals surface area contributed by atoms with E-state index in [2.05, 4.69) is 0 Å². The zero-order valence-electron chi connectivity index (χ0n) is 37.1. The summed E-state index contributed by atoms with van der Waals surface area (Å²) in [4.78, 5) is 43.7. The molecule has 2 aliphatic rings. The first-order valence-electron chi connectivity index (χ1n) is 22.4. The zero-order chi connectivity index (χ0) is 45.8. The van der Waals surface area contributed by atoms with Crippen molar-refractivity contribution >= 4 is 17.8 Å². The second-order valence-electron chi connectivity index (χ2n) is 16.6. The predicted molar refractivity (Wildman–Crippen MR) is 245 cm³/mol. The van der Waals surface area contributed by atoms with E-state index in [1.807, 2.05) is 153 Å². The van der Waals surface area contributed by atoms with Crippen molar-refractivity contribution in [2.45, 2.75) is 76.1 Å². The van der Waals surface area contributed by atoms with Crippen LogP contribution in [0.5, 0.6) is 0 Å². The Labute approximate surface area is 385 Å². The quantitative estimate of drug-likeness (QED) is 0.0446. The van der Waals surface area contributed by atoms with Crippen molar-refractivity contribution in [3.05, 3.63) is 191 Å². The average Bonchev–Trinajstić information content (AvgIpc) is 3.97. The van der Waals surface area contributed by atoms with E-state index in [1.165, 1.54) is 7.11 Å². The molecule has 8 rings (SSSR count). The van der Waals surface area contributed by atoms with Gasteiger partial charge in [0.2, 0.25) is 11.7 Å². The molecule has 7 atom stereocenters. The summed E-state index contributed by atoms with van der Waals surface area (Å²) in [6, 6.07) is 46.8. The zero-order valence-corrected chi connectivity index (χ0v) is 37.1. The van der Waals surface area contributed by atoms with Gasteiger partial charge in [-0.2, -0.15) is 0 Å². The molecule has 2 fully saturated rings. The second-order valence-corrected chi connectivity index (χ2v) is 16.6. The molecule has 5 aromatic carbocycles.